The third-order valence-electron chi connectivity index (χ3n) is 5.53. The Labute approximate surface area is 205 Å². The Bertz CT molecular complexity index is 1430. The van der Waals surface area contributed by atoms with Crippen molar-refractivity contribution in [1.29, 1.82) is 0 Å². The predicted octanol–water partition coefficient (Wildman–Crippen LogP) is 5.16. The molecule has 188 valence electrons. The minimum Gasteiger partial charge on any atom is -0.362 e. The molecule has 1 fully saturated rings. The molecule has 35 heavy (non-hydrogen) atoms. The molecule has 1 atom stereocenters. The molecule has 3 aromatic rings. The number of nitrogens with zero attached hydrogens (tertiary/aromatic N) is 1. The van der Waals surface area contributed by atoms with Crippen molar-refractivity contribution in [3.05, 3.63) is 71.1 Å². The highest BCUT2D eigenvalue weighted by Gasteiger charge is 2.41. The Balaban J connectivity index is 1.70. The summed E-state index contributed by atoms with van der Waals surface area (Å²) in [4.78, 5) is 0.608. The zero-order chi connectivity index (χ0) is 25.4. The molecule has 2 heterocycles. The summed E-state index contributed by atoms with van der Waals surface area (Å²) < 4.78 is 98.1. The zero-order valence-corrected chi connectivity index (χ0v) is 21.0. The minimum absolute atomic E-state index is 0.150. The van der Waals surface area contributed by atoms with E-state index in [1.54, 1.807) is 24.3 Å². The van der Waals surface area contributed by atoms with Crippen LogP contribution in [0.1, 0.15) is 23.3 Å². The van der Waals surface area contributed by atoms with Crippen LogP contribution in [0, 0.1) is 0 Å². The van der Waals surface area contributed by atoms with Gasteiger partial charge in [-0.05, 0) is 54.8 Å². The Hall–Kier alpha value is -2.25. The van der Waals surface area contributed by atoms with Crippen LogP contribution in [0.4, 0.5) is 13.2 Å². The first kappa shape index (κ1) is 25.8. The molecule has 1 aliphatic rings. The van der Waals surface area contributed by atoms with Gasteiger partial charge in [-0.2, -0.15) is 17.5 Å². The van der Waals surface area contributed by atoms with Crippen molar-refractivity contribution in [2.75, 3.05) is 12.9 Å². The molecule has 1 unspecified atom stereocenters. The smallest absolute Gasteiger partial charge is 0.362 e. The van der Waals surface area contributed by atoms with Crippen LogP contribution in [0.2, 0.25) is 0 Å². The van der Waals surface area contributed by atoms with Gasteiger partial charge in [-0.25, -0.2) is 16.8 Å². The van der Waals surface area contributed by atoms with Crippen molar-refractivity contribution in [1.82, 2.24) is 4.31 Å². The lowest BCUT2D eigenvalue weighted by Crippen LogP contribution is -2.40. The molecule has 0 aliphatic carbocycles. The van der Waals surface area contributed by atoms with Crippen LogP contribution in [0.25, 0.3) is 10.4 Å². The van der Waals surface area contributed by atoms with E-state index in [4.69, 9.17) is 4.74 Å². The number of sulfonamides is 1. The van der Waals surface area contributed by atoms with E-state index in [1.165, 1.54) is 29.5 Å². The van der Waals surface area contributed by atoms with Crippen LogP contribution in [0.3, 0.4) is 0 Å². The van der Waals surface area contributed by atoms with Gasteiger partial charge in [-0.3, -0.25) is 0 Å². The predicted molar refractivity (Wildman–Crippen MR) is 126 cm³/mol. The first-order chi connectivity index (χ1) is 16.4. The summed E-state index contributed by atoms with van der Waals surface area (Å²) in [5.74, 6) is 0. The van der Waals surface area contributed by atoms with Gasteiger partial charge in [0.05, 0.1) is 21.9 Å². The fourth-order valence-electron chi connectivity index (χ4n) is 3.83. The molecular weight excluding hydrogens is 523 g/mol. The van der Waals surface area contributed by atoms with Crippen molar-refractivity contribution < 1.29 is 34.7 Å². The second kappa shape index (κ2) is 9.66. The molecule has 12 heteroatoms. The Morgan fingerprint density at radius 2 is 1.77 bits per heavy atom. The Morgan fingerprint density at radius 1 is 1.03 bits per heavy atom. The van der Waals surface area contributed by atoms with Crippen LogP contribution in [-0.4, -0.2) is 40.2 Å². The third kappa shape index (κ3) is 5.61. The molecule has 2 aromatic carbocycles. The van der Waals surface area contributed by atoms with E-state index < -0.39 is 42.7 Å². The van der Waals surface area contributed by atoms with E-state index in [0.29, 0.717) is 34.8 Å². The summed E-state index contributed by atoms with van der Waals surface area (Å²) in [6.45, 7) is 0.126. The molecule has 0 radical (unpaired) electrons. The van der Waals surface area contributed by atoms with Crippen molar-refractivity contribution >= 4 is 31.2 Å². The van der Waals surface area contributed by atoms with Crippen molar-refractivity contribution in [3.8, 4) is 10.4 Å². The van der Waals surface area contributed by atoms with E-state index in [-0.39, 0.29) is 11.4 Å². The highest BCUT2D eigenvalue weighted by Crippen LogP contribution is 2.38. The summed E-state index contributed by atoms with van der Waals surface area (Å²) >= 11 is 1.23. The Kier molecular flexibility index (Phi) is 7.13. The molecule has 0 bridgehead atoms. The van der Waals surface area contributed by atoms with Crippen molar-refractivity contribution in [2.45, 2.75) is 41.6 Å². The average Bonchev–Trinajstić information content (AvgIpc) is 3.49. The summed E-state index contributed by atoms with van der Waals surface area (Å²) in [6, 6.07) is 13.9. The molecule has 4 rings (SSSR count). The Morgan fingerprint density at radius 3 is 2.43 bits per heavy atom. The van der Waals surface area contributed by atoms with Gasteiger partial charge >= 0.3 is 6.18 Å². The lowest BCUT2D eigenvalue weighted by Gasteiger charge is -2.28. The fraction of sp³-hybridized carbons (Fsp3) is 0.304. The molecule has 1 saturated heterocycles. The average molecular weight is 546 g/mol. The van der Waals surface area contributed by atoms with Gasteiger partial charge in [-0.15, -0.1) is 11.3 Å². The second-order valence-corrected chi connectivity index (χ2v) is 13.1. The molecule has 0 N–H and O–H groups in total. The summed E-state index contributed by atoms with van der Waals surface area (Å²) in [5.41, 5.74) is -0.592. The third-order valence-corrected chi connectivity index (χ3v) is 9.65. The summed E-state index contributed by atoms with van der Waals surface area (Å²) in [5, 5.41) is 0. The van der Waals surface area contributed by atoms with Crippen LogP contribution in [0.5, 0.6) is 0 Å². The normalized spacial score (nSPS) is 17.2. The van der Waals surface area contributed by atoms with Gasteiger partial charge in [0.1, 0.15) is 6.23 Å². The SMILES string of the molecule is CS(=O)(=O)c1cccc(-c2ccc(CN(C3CCCO3)S(=O)(=O)c3ccccc3C(F)(F)F)s2)c1. The number of alkyl halides is 3. The maximum Gasteiger partial charge on any atom is 0.417 e. The van der Waals surface area contributed by atoms with E-state index in [2.05, 4.69) is 0 Å². The lowest BCUT2D eigenvalue weighted by atomic mass is 10.2. The number of hydrogen-bond acceptors (Lipinski definition) is 6. The number of ether oxygens (including phenoxy) is 1. The number of thiophene rings is 1. The lowest BCUT2D eigenvalue weighted by molar-refractivity contribution is -0.140. The standard InChI is InChI=1S/C23H22F3NO5S3/c1-34(28,29)18-7-4-6-16(14-18)20-12-11-17(33-20)15-27(22-10-5-13-32-22)35(30,31)21-9-3-2-8-19(21)23(24,25)26/h2-4,6-9,11-12,14,22H,5,10,13,15H2,1H3. The van der Waals surface area contributed by atoms with Crippen molar-refractivity contribution in [2.24, 2.45) is 0 Å². The largest absolute Gasteiger partial charge is 0.417 e. The topological polar surface area (TPSA) is 80.8 Å². The van der Waals surface area contributed by atoms with Gasteiger partial charge in [0.2, 0.25) is 10.0 Å². The first-order valence-corrected chi connectivity index (χ1v) is 14.7. The molecular formula is C23H22F3NO5S3. The molecule has 0 amide bonds. The zero-order valence-electron chi connectivity index (χ0n) is 18.5. The summed E-state index contributed by atoms with van der Waals surface area (Å²) in [7, 11) is -7.98. The first-order valence-electron chi connectivity index (χ1n) is 10.6. The summed E-state index contributed by atoms with van der Waals surface area (Å²) in [6.07, 6.45) is -3.67. The maximum atomic E-state index is 13.6. The fourth-order valence-corrected chi connectivity index (χ4v) is 7.33. The van der Waals surface area contributed by atoms with E-state index in [0.717, 1.165) is 28.8 Å². The van der Waals surface area contributed by atoms with Crippen LogP contribution >= 0.6 is 11.3 Å². The second-order valence-electron chi connectivity index (χ2n) is 8.08. The van der Waals surface area contributed by atoms with Gasteiger partial charge in [0, 0.05) is 22.6 Å². The number of halogens is 3. The number of sulfone groups is 1. The van der Waals surface area contributed by atoms with E-state index in [1.807, 2.05) is 0 Å². The number of rotatable bonds is 7. The maximum absolute atomic E-state index is 13.6. The molecule has 1 aromatic heterocycles. The van der Waals surface area contributed by atoms with Crippen LogP contribution in [-0.2, 0) is 37.3 Å². The van der Waals surface area contributed by atoms with Crippen molar-refractivity contribution in [3.63, 3.8) is 0 Å². The van der Waals surface area contributed by atoms with Gasteiger partial charge in [0.15, 0.2) is 9.84 Å². The van der Waals surface area contributed by atoms with Crippen LogP contribution < -0.4 is 0 Å². The highest BCUT2D eigenvalue weighted by atomic mass is 32.2. The molecule has 6 nitrogen and oxygen atoms in total. The van der Waals surface area contributed by atoms with Gasteiger partial charge in [0.25, 0.3) is 0 Å². The molecule has 1 aliphatic heterocycles. The van der Waals surface area contributed by atoms with E-state index in [9.17, 15) is 30.0 Å². The number of hydrogen-bond donors (Lipinski definition) is 0. The minimum atomic E-state index is -4.84. The molecule has 0 spiro atoms. The van der Waals surface area contributed by atoms with Gasteiger partial charge < -0.3 is 4.74 Å². The van der Waals surface area contributed by atoms with E-state index >= 15 is 0 Å². The molecule has 0 saturated carbocycles. The van der Waals surface area contributed by atoms with Crippen LogP contribution in [0.15, 0.2) is 70.5 Å². The van der Waals surface area contributed by atoms with Gasteiger partial charge in [-0.1, -0.05) is 24.3 Å². The number of benzene rings is 2. The monoisotopic (exact) mass is 545 g/mol. The highest BCUT2D eigenvalue weighted by molar-refractivity contribution is 7.90. The quantitative estimate of drug-likeness (QED) is 0.410.